The van der Waals surface area contributed by atoms with Crippen LogP contribution >= 0.6 is 0 Å². The highest BCUT2D eigenvalue weighted by molar-refractivity contribution is 5.93. The Morgan fingerprint density at radius 2 is 1.86 bits per heavy atom. The molecular weight excluding hydrogens is 172 g/mol. The maximum atomic E-state index is 3.37. The summed E-state index contributed by atoms with van der Waals surface area (Å²) in [6.45, 7) is 0.908. The normalized spacial score (nSPS) is 14.2. The van der Waals surface area contributed by atoms with Gasteiger partial charge in [0.25, 0.3) is 0 Å². The average molecular weight is 184 g/mol. The van der Waals surface area contributed by atoms with Crippen molar-refractivity contribution in [2.24, 2.45) is 0 Å². The topological polar surface area (TPSA) is 15.3 Å². The van der Waals surface area contributed by atoms with E-state index in [1.165, 1.54) is 22.1 Å². The van der Waals surface area contributed by atoms with E-state index in [2.05, 4.69) is 53.7 Å². The summed E-state index contributed by atoms with van der Waals surface area (Å²) in [4.78, 5) is 2.22. The van der Waals surface area contributed by atoms with E-state index < -0.39 is 0 Å². The van der Waals surface area contributed by atoms with Crippen molar-refractivity contribution in [2.75, 3.05) is 23.9 Å². The number of benzene rings is 2. The van der Waals surface area contributed by atoms with E-state index >= 15 is 0 Å². The summed E-state index contributed by atoms with van der Waals surface area (Å²) < 4.78 is 0. The van der Waals surface area contributed by atoms with E-state index in [-0.39, 0.29) is 0 Å². The Labute approximate surface area is 83.1 Å². The summed E-state index contributed by atoms with van der Waals surface area (Å²) in [6.07, 6.45) is 0. The summed E-state index contributed by atoms with van der Waals surface area (Å²) in [5.74, 6) is 0. The van der Waals surface area contributed by atoms with Crippen molar-refractivity contribution in [1.82, 2.24) is 0 Å². The first-order valence-corrected chi connectivity index (χ1v) is 4.82. The second kappa shape index (κ2) is 2.64. The van der Waals surface area contributed by atoms with E-state index in [0.717, 1.165) is 6.67 Å². The summed E-state index contributed by atoms with van der Waals surface area (Å²) in [5, 5.41) is 5.98. The number of hydrogen-bond acceptors (Lipinski definition) is 2. The summed E-state index contributed by atoms with van der Waals surface area (Å²) in [5.41, 5.74) is 2.54. The van der Waals surface area contributed by atoms with Crippen molar-refractivity contribution in [3.8, 4) is 0 Å². The van der Waals surface area contributed by atoms with Gasteiger partial charge in [-0.25, -0.2) is 0 Å². The molecule has 1 heterocycles. The predicted molar refractivity (Wildman–Crippen MR) is 60.8 cm³/mol. The fourth-order valence-electron chi connectivity index (χ4n) is 1.97. The summed E-state index contributed by atoms with van der Waals surface area (Å²) in [6, 6.07) is 12.9. The number of anilines is 2. The molecule has 0 aliphatic carbocycles. The third kappa shape index (κ3) is 0.970. The van der Waals surface area contributed by atoms with Gasteiger partial charge in [0.05, 0.1) is 18.0 Å². The van der Waals surface area contributed by atoms with Gasteiger partial charge >= 0.3 is 0 Å². The molecule has 0 fully saturated rings. The zero-order valence-corrected chi connectivity index (χ0v) is 8.12. The molecule has 2 aromatic rings. The third-order valence-electron chi connectivity index (χ3n) is 2.78. The van der Waals surface area contributed by atoms with E-state index in [1.807, 2.05) is 0 Å². The first kappa shape index (κ1) is 7.68. The van der Waals surface area contributed by atoms with Crippen LogP contribution in [0, 0.1) is 0 Å². The molecule has 2 aromatic carbocycles. The molecule has 0 amide bonds. The van der Waals surface area contributed by atoms with Gasteiger partial charge in [0.15, 0.2) is 0 Å². The van der Waals surface area contributed by atoms with Gasteiger partial charge < -0.3 is 10.2 Å². The van der Waals surface area contributed by atoms with Crippen LogP contribution in [0.4, 0.5) is 11.4 Å². The molecule has 2 heteroatoms. The average Bonchev–Trinajstić information content (AvgIpc) is 2.57. The van der Waals surface area contributed by atoms with Crippen LogP contribution in [0.25, 0.3) is 10.8 Å². The van der Waals surface area contributed by atoms with Crippen molar-refractivity contribution in [2.45, 2.75) is 0 Å². The van der Waals surface area contributed by atoms with Crippen molar-refractivity contribution in [3.63, 3.8) is 0 Å². The van der Waals surface area contributed by atoms with Gasteiger partial charge in [0, 0.05) is 7.05 Å². The largest absolute Gasteiger partial charge is 0.366 e. The van der Waals surface area contributed by atoms with Crippen LogP contribution in [0.3, 0.4) is 0 Å². The molecule has 0 aromatic heterocycles. The fourth-order valence-corrected chi connectivity index (χ4v) is 1.97. The predicted octanol–water partition coefficient (Wildman–Crippen LogP) is 2.66. The molecule has 0 atom stereocenters. The van der Waals surface area contributed by atoms with Gasteiger partial charge in [-0.15, -0.1) is 0 Å². The third-order valence-corrected chi connectivity index (χ3v) is 2.78. The number of rotatable bonds is 0. The SMILES string of the molecule is CN1CNc2cc3ccccc3cc21. The lowest BCUT2D eigenvalue weighted by Crippen LogP contribution is -2.15. The molecule has 0 bridgehead atoms. The summed E-state index contributed by atoms with van der Waals surface area (Å²) >= 11 is 0. The van der Waals surface area contributed by atoms with Crippen molar-refractivity contribution in [3.05, 3.63) is 36.4 Å². The second-order valence-electron chi connectivity index (χ2n) is 3.75. The molecule has 14 heavy (non-hydrogen) atoms. The summed E-state index contributed by atoms with van der Waals surface area (Å²) in [7, 11) is 2.10. The zero-order chi connectivity index (χ0) is 9.54. The Morgan fingerprint density at radius 3 is 2.64 bits per heavy atom. The van der Waals surface area contributed by atoms with Crippen LogP contribution in [0.1, 0.15) is 0 Å². The number of nitrogens with one attached hydrogen (secondary N) is 1. The lowest BCUT2D eigenvalue weighted by molar-refractivity contribution is 1.04. The molecule has 0 saturated carbocycles. The lowest BCUT2D eigenvalue weighted by atomic mass is 10.1. The zero-order valence-electron chi connectivity index (χ0n) is 8.12. The Balaban J connectivity index is 2.33. The molecule has 0 unspecified atom stereocenters. The van der Waals surface area contributed by atoms with Crippen LogP contribution in [0.15, 0.2) is 36.4 Å². The second-order valence-corrected chi connectivity index (χ2v) is 3.75. The van der Waals surface area contributed by atoms with Crippen LogP contribution < -0.4 is 10.2 Å². The van der Waals surface area contributed by atoms with Crippen molar-refractivity contribution >= 4 is 22.1 Å². The molecule has 70 valence electrons. The van der Waals surface area contributed by atoms with Crippen LogP contribution in [0.2, 0.25) is 0 Å². The monoisotopic (exact) mass is 184 g/mol. The Morgan fingerprint density at radius 1 is 1.14 bits per heavy atom. The molecule has 1 N–H and O–H groups in total. The smallest absolute Gasteiger partial charge is 0.0874 e. The molecule has 1 aliphatic heterocycles. The van der Waals surface area contributed by atoms with Gasteiger partial charge in [0.1, 0.15) is 0 Å². The van der Waals surface area contributed by atoms with E-state index in [4.69, 9.17) is 0 Å². The minimum Gasteiger partial charge on any atom is -0.366 e. The number of fused-ring (bicyclic) bond motifs is 2. The van der Waals surface area contributed by atoms with E-state index in [9.17, 15) is 0 Å². The Bertz CT molecular complexity index is 491. The van der Waals surface area contributed by atoms with Gasteiger partial charge in [-0.05, 0) is 22.9 Å². The highest BCUT2D eigenvalue weighted by Crippen LogP contribution is 2.34. The maximum Gasteiger partial charge on any atom is 0.0874 e. The van der Waals surface area contributed by atoms with E-state index in [1.54, 1.807) is 0 Å². The highest BCUT2D eigenvalue weighted by Gasteiger charge is 2.14. The number of nitrogens with zero attached hydrogens (tertiary/aromatic N) is 1. The minimum absolute atomic E-state index is 0.908. The van der Waals surface area contributed by atoms with Crippen LogP contribution in [0.5, 0.6) is 0 Å². The molecule has 2 nitrogen and oxygen atoms in total. The van der Waals surface area contributed by atoms with Crippen molar-refractivity contribution < 1.29 is 0 Å². The van der Waals surface area contributed by atoms with Gasteiger partial charge in [-0.1, -0.05) is 24.3 Å². The molecule has 0 radical (unpaired) electrons. The molecular formula is C12H12N2. The Hall–Kier alpha value is -1.70. The molecule has 0 spiro atoms. The van der Waals surface area contributed by atoms with Gasteiger partial charge in [0.2, 0.25) is 0 Å². The standard InChI is InChI=1S/C12H12N2/c1-14-8-13-11-6-9-4-2-3-5-10(9)7-12(11)14/h2-7,13H,8H2,1H3. The van der Waals surface area contributed by atoms with Crippen LogP contribution in [-0.4, -0.2) is 13.7 Å². The number of hydrogen-bond donors (Lipinski definition) is 1. The minimum atomic E-state index is 0.908. The molecule has 1 aliphatic rings. The lowest BCUT2D eigenvalue weighted by Gasteiger charge is -2.10. The van der Waals surface area contributed by atoms with Crippen molar-refractivity contribution in [1.29, 1.82) is 0 Å². The Kier molecular flexibility index (Phi) is 1.45. The van der Waals surface area contributed by atoms with Gasteiger partial charge in [-0.3, -0.25) is 0 Å². The molecule has 3 rings (SSSR count). The van der Waals surface area contributed by atoms with Crippen LogP contribution in [-0.2, 0) is 0 Å². The highest BCUT2D eigenvalue weighted by atomic mass is 15.3. The fraction of sp³-hybridized carbons (Fsp3) is 0.167. The maximum absolute atomic E-state index is 3.37. The molecule has 0 saturated heterocycles. The first-order chi connectivity index (χ1) is 6.84. The van der Waals surface area contributed by atoms with Gasteiger partial charge in [-0.2, -0.15) is 0 Å². The van der Waals surface area contributed by atoms with E-state index in [0.29, 0.717) is 0 Å². The quantitative estimate of drug-likeness (QED) is 0.677. The first-order valence-electron chi connectivity index (χ1n) is 4.82.